The van der Waals surface area contributed by atoms with Gasteiger partial charge in [0.2, 0.25) is 10.0 Å². The molecule has 1 amide bonds. The number of hydrogen-bond donors (Lipinski definition) is 2. The summed E-state index contributed by atoms with van der Waals surface area (Å²) in [5.41, 5.74) is 0.987. The second-order valence-electron chi connectivity index (χ2n) is 6.00. The van der Waals surface area contributed by atoms with Crippen LogP contribution in [0.5, 0.6) is 0 Å². The van der Waals surface area contributed by atoms with Crippen LogP contribution in [0.25, 0.3) is 0 Å². The highest BCUT2D eigenvalue weighted by molar-refractivity contribution is 7.89. The normalized spacial score (nSPS) is 12.2. The molecule has 2 aromatic carbocycles. The number of nitrogens with two attached hydrogens (primary N) is 1. The van der Waals surface area contributed by atoms with Gasteiger partial charge in [0.15, 0.2) is 6.61 Å². The lowest BCUT2D eigenvalue weighted by molar-refractivity contribution is -0.124. The van der Waals surface area contributed by atoms with Gasteiger partial charge in [-0.3, -0.25) is 9.00 Å². The lowest BCUT2D eigenvalue weighted by Gasteiger charge is -2.09. The van der Waals surface area contributed by atoms with Gasteiger partial charge in [0.1, 0.15) is 0 Å². The number of nitrogens with one attached hydrogen (secondary N) is 1. The lowest BCUT2D eigenvalue weighted by Crippen LogP contribution is -2.30. The molecule has 0 bridgehead atoms. The van der Waals surface area contributed by atoms with Gasteiger partial charge in [-0.25, -0.2) is 18.4 Å². The number of benzene rings is 2. The molecule has 8 nitrogen and oxygen atoms in total. The summed E-state index contributed by atoms with van der Waals surface area (Å²) in [6.45, 7) is 1.56. The van der Waals surface area contributed by atoms with Crippen molar-refractivity contribution in [1.82, 2.24) is 5.32 Å². The van der Waals surface area contributed by atoms with E-state index in [1.807, 2.05) is 0 Å². The Morgan fingerprint density at radius 1 is 1.10 bits per heavy atom. The van der Waals surface area contributed by atoms with Crippen LogP contribution in [-0.4, -0.2) is 43.4 Å². The Bertz CT molecular complexity index is 1000. The molecule has 1 unspecified atom stereocenters. The van der Waals surface area contributed by atoms with Gasteiger partial charge in [-0.2, -0.15) is 0 Å². The highest BCUT2D eigenvalue weighted by Gasteiger charge is 2.17. The lowest BCUT2D eigenvalue weighted by atomic mass is 10.1. The summed E-state index contributed by atoms with van der Waals surface area (Å²) in [6, 6.07) is 12.4. The van der Waals surface area contributed by atoms with E-state index in [0.29, 0.717) is 17.1 Å². The number of amides is 1. The molecule has 0 saturated heterocycles. The van der Waals surface area contributed by atoms with E-state index in [1.165, 1.54) is 18.2 Å². The van der Waals surface area contributed by atoms with E-state index in [4.69, 9.17) is 9.88 Å². The Balaban J connectivity index is 1.82. The number of carbonyl (C=O) groups is 2. The van der Waals surface area contributed by atoms with Crippen molar-refractivity contribution < 1.29 is 27.0 Å². The van der Waals surface area contributed by atoms with Gasteiger partial charge in [0, 0.05) is 12.3 Å². The monoisotopic (exact) mass is 438 g/mol. The Kier molecular flexibility index (Phi) is 8.06. The van der Waals surface area contributed by atoms with Crippen molar-refractivity contribution >= 4 is 32.7 Å². The molecule has 29 heavy (non-hydrogen) atoms. The van der Waals surface area contributed by atoms with Crippen LogP contribution in [0.1, 0.15) is 22.8 Å². The zero-order valence-corrected chi connectivity index (χ0v) is 17.4. The van der Waals surface area contributed by atoms with E-state index in [0.717, 1.165) is 5.56 Å². The van der Waals surface area contributed by atoms with Gasteiger partial charge in [-0.05, 0) is 36.2 Å². The zero-order valence-electron chi connectivity index (χ0n) is 15.8. The Morgan fingerprint density at radius 2 is 1.76 bits per heavy atom. The van der Waals surface area contributed by atoms with Gasteiger partial charge in [0.05, 0.1) is 26.2 Å². The molecular formula is C19H22N2O6S2. The fraction of sp³-hybridized carbons (Fsp3) is 0.263. The Labute approximate surface area is 172 Å². The number of carbonyl (C=O) groups excluding carboxylic acids is 2. The Hall–Kier alpha value is -2.56. The first-order valence-electron chi connectivity index (χ1n) is 8.75. The van der Waals surface area contributed by atoms with Crippen molar-refractivity contribution in [3.05, 3.63) is 59.7 Å². The summed E-state index contributed by atoms with van der Waals surface area (Å²) in [4.78, 5) is 24.5. The Morgan fingerprint density at radius 3 is 2.38 bits per heavy atom. The maximum Gasteiger partial charge on any atom is 0.339 e. The van der Waals surface area contributed by atoms with Crippen LogP contribution in [0.2, 0.25) is 0 Å². The number of sulfonamides is 1. The molecule has 0 aliphatic carbocycles. The maximum atomic E-state index is 12.2. The number of hydrogen-bond acceptors (Lipinski definition) is 6. The standard InChI is InChI=1S/C19H22N2O6S2/c1-2-28(24)17-6-4-3-5-16(17)19(23)27-13-18(22)21-12-11-14-7-9-15(10-8-14)29(20,25)26/h3-10H,2,11-13H2,1H3,(H,21,22)(H2,20,25,26). The van der Waals surface area contributed by atoms with E-state index in [2.05, 4.69) is 5.32 Å². The number of esters is 1. The van der Waals surface area contributed by atoms with Crippen molar-refractivity contribution in [2.75, 3.05) is 18.9 Å². The van der Waals surface area contributed by atoms with Crippen molar-refractivity contribution in [2.24, 2.45) is 5.14 Å². The second-order valence-corrected chi connectivity index (χ2v) is 9.27. The molecular weight excluding hydrogens is 416 g/mol. The zero-order chi connectivity index (χ0) is 21.4. The van der Waals surface area contributed by atoms with E-state index in [9.17, 15) is 22.2 Å². The molecule has 0 aliphatic rings. The highest BCUT2D eigenvalue weighted by atomic mass is 32.2. The van der Waals surface area contributed by atoms with Crippen LogP contribution < -0.4 is 10.5 Å². The third-order valence-electron chi connectivity index (χ3n) is 3.94. The fourth-order valence-electron chi connectivity index (χ4n) is 2.44. The topological polar surface area (TPSA) is 133 Å². The minimum Gasteiger partial charge on any atom is -0.452 e. The summed E-state index contributed by atoms with van der Waals surface area (Å²) < 4.78 is 39.5. The third kappa shape index (κ3) is 6.77. The van der Waals surface area contributed by atoms with Gasteiger partial charge in [0.25, 0.3) is 5.91 Å². The van der Waals surface area contributed by atoms with Crippen molar-refractivity contribution in [1.29, 1.82) is 0 Å². The molecule has 0 spiro atoms. The first kappa shape index (κ1) is 22.7. The van der Waals surface area contributed by atoms with Crippen LogP contribution in [0, 0.1) is 0 Å². The number of primary sulfonamides is 1. The van der Waals surface area contributed by atoms with E-state index >= 15 is 0 Å². The number of rotatable bonds is 9. The van der Waals surface area contributed by atoms with Crippen LogP contribution >= 0.6 is 0 Å². The summed E-state index contributed by atoms with van der Waals surface area (Å²) >= 11 is 0. The first-order chi connectivity index (χ1) is 13.7. The van der Waals surface area contributed by atoms with Crippen LogP contribution in [0.4, 0.5) is 0 Å². The molecule has 0 heterocycles. The molecule has 10 heteroatoms. The average Bonchev–Trinajstić information content (AvgIpc) is 2.71. The number of ether oxygens (including phenoxy) is 1. The van der Waals surface area contributed by atoms with Crippen LogP contribution in [0.15, 0.2) is 58.3 Å². The van der Waals surface area contributed by atoms with Gasteiger partial charge in [-0.15, -0.1) is 0 Å². The smallest absolute Gasteiger partial charge is 0.339 e. The molecule has 0 aromatic heterocycles. The summed E-state index contributed by atoms with van der Waals surface area (Å²) in [5, 5.41) is 7.65. The van der Waals surface area contributed by atoms with E-state index in [-0.39, 0.29) is 17.0 Å². The van der Waals surface area contributed by atoms with Crippen LogP contribution in [0.3, 0.4) is 0 Å². The van der Waals surface area contributed by atoms with Crippen molar-refractivity contribution in [3.63, 3.8) is 0 Å². The SMILES string of the molecule is CCS(=O)c1ccccc1C(=O)OCC(=O)NCCc1ccc(S(N)(=O)=O)cc1. The summed E-state index contributed by atoms with van der Waals surface area (Å²) in [6.07, 6.45) is 0.461. The largest absolute Gasteiger partial charge is 0.452 e. The second kappa shape index (κ2) is 10.3. The summed E-state index contributed by atoms with van der Waals surface area (Å²) in [5.74, 6) is -0.826. The van der Waals surface area contributed by atoms with Crippen molar-refractivity contribution in [3.8, 4) is 0 Å². The molecule has 0 aliphatic heterocycles. The first-order valence-corrected chi connectivity index (χ1v) is 11.6. The van der Waals surface area contributed by atoms with Crippen molar-refractivity contribution in [2.45, 2.75) is 23.1 Å². The molecule has 0 saturated carbocycles. The molecule has 0 fully saturated rings. The van der Waals surface area contributed by atoms with Gasteiger partial charge in [-0.1, -0.05) is 31.2 Å². The molecule has 1 atom stereocenters. The third-order valence-corrected chi connectivity index (χ3v) is 6.24. The molecule has 156 valence electrons. The fourth-order valence-corrected chi connectivity index (χ4v) is 3.89. The predicted octanol–water partition coefficient (Wildman–Crippen LogP) is 0.977. The minimum absolute atomic E-state index is 0.0153. The summed E-state index contributed by atoms with van der Waals surface area (Å²) in [7, 11) is -5.06. The molecule has 0 radical (unpaired) electrons. The van der Waals surface area contributed by atoms with Gasteiger partial charge >= 0.3 is 5.97 Å². The highest BCUT2D eigenvalue weighted by Crippen LogP contribution is 2.15. The van der Waals surface area contributed by atoms with E-state index in [1.54, 1.807) is 37.3 Å². The molecule has 2 aromatic rings. The molecule has 2 rings (SSSR count). The van der Waals surface area contributed by atoms with Crippen LogP contribution in [-0.2, 0) is 36.8 Å². The maximum absolute atomic E-state index is 12.2. The predicted molar refractivity (Wildman–Crippen MR) is 108 cm³/mol. The quantitative estimate of drug-likeness (QED) is 0.561. The van der Waals surface area contributed by atoms with Gasteiger partial charge < -0.3 is 10.1 Å². The average molecular weight is 439 g/mol. The molecule has 3 N–H and O–H groups in total. The van der Waals surface area contributed by atoms with E-state index < -0.39 is 39.3 Å². The minimum atomic E-state index is -3.74.